The molecule has 0 radical (unpaired) electrons. The fourth-order valence-corrected chi connectivity index (χ4v) is 4.15. The van der Waals surface area contributed by atoms with Gasteiger partial charge in [-0.1, -0.05) is 12.1 Å². The van der Waals surface area contributed by atoms with Crippen LogP contribution in [-0.2, 0) is 27.0 Å². The zero-order valence-electron chi connectivity index (χ0n) is 16.6. The lowest BCUT2D eigenvalue weighted by Crippen LogP contribution is -2.48. The van der Waals surface area contributed by atoms with Crippen molar-refractivity contribution in [1.82, 2.24) is 9.80 Å². The number of alkyl halides is 3. The molecular weight excluding hydrogens is 385 g/mol. The third-order valence-electron chi connectivity index (χ3n) is 5.81. The number of benzene rings is 1. The van der Waals surface area contributed by atoms with Crippen LogP contribution in [0.1, 0.15) is 36.8 Å². The number of hydrogen-bond acceptors (Lipinski definition) is 3. The number of carbonyl (C=O) groups excluding carboxylic acids is 2. The first kappa shape index (κ1) is 21.6. The SMILES string of the molecule is COCC1CCN(C(=O)[C@@H]2CCC(=O)N(Cc3cccc(C(F)(F)F)c3)C2)CC1. The first-order chi connectivity index (χ1) is 13.8. The van der Waals surface area contributed by atoms with Gasteiger partial charge in [-0.05, 0) is 42.9 Å². The lowest BCUT2D eigenvalue weighted by molar-refractivity contribution is -0.144. The summed E-state index contributed by atoms with van der Waals surface area (Å²) in [4.78, 5) is 28.6. The van der Waals surface area contributed by atoms with Crippen LogP contribution in [0.25, 0.3) is 0 Å². The van der Waals surface area contributed by atoms with E-state index in [1.807, 2.05) is 4.90 Å². The summed E-state index contributed by atoms with van der Waals surface area (Å²) in [7, 11) is 1.68. The summed E-state index contributed by atoms with van der Waals surface area (Å²) in [6.45, 7) is 2.41. The molecule has 3 rings (SSSR count). The Morgan fingerprint density at radius 3 is 2.59 bits per heavy atom. The molecule has 0 aliphatic carbocycles. The molecule has 1 aromatic carbocycles. The topological polar surface area (TPSA) is 49.9 Å². The Balaban J connectivity index is 1.61. The van der Waals surface area contributed by atoms with Gasteiger partial charge in [-0.3, -0.25) is 9.59 Å². The van der Waals surface area contributed by atoms with Crippen LogP contribution in [0.4, 0.5) is 13.2 Å². The van der Waals surface area contributed by atoms with Crippen molar-refractivity contribution in [3.63, 3.8) is 0 Å². The first-order valence-corrected chi connectivity index (χ1v) is 9.99. The first-order valence-electron chi connectivity index (χ1n) is 9.99. The summed E-state index contributed by atoms with van der Waals surface area (Å²) in [5, 5.41) is 0. The molecule has 0 unspecified atom stereocenters. The lowest BCUT2D eigenvalue weighted by Gasteiger charge is -2.37. The van der Waals surface area contributed by atoms with Gasteiger partial charge in [0.25, 0.3) is 0 Å². The van der Waals surface area contributed by atoms with Crippen molar-refractivity contribution in [2.45, 2.75) is 38.4 Å². The minimum Gasteiger partial charge on any atom is -0.384 e. The van der Waals surface area contributed by atoms with Gasteiger partial charge in [0.2, 0.25) is 11.8 Å². The summed E-state index contributed by atoms with van der Waals surface area (Å²) in [6, 6.07) is 5.01. The normalized spacial score (nSPS) is 21.5. The maximum absolute atomic E-state index is 12.9. The molecule has 0 saturated carbocycles. The van der Waals surface area contributed by atoms with Crippen molar-refractivity contribution < 1.29 is 27.5 Å². The summed E-state index contributed by atoms with van der Waals surface area (Å²) in [5.41, 5.74) is -0.312. The van der Waals surface area contributed by atoms with Gasteiger partial charge in [0.05, 0.1) is 11.5 Å². The van der Waals surface area contributed by atoms with E-state index in [4.69, 9.17) is 4.74 Å². The predicted octanol–water partition coefficient (Wildman–Crippen LogP) is 3.33. The minimum absolute atomic E-state index is 0.0439. The van der Waals surface area contributed by atoms with Crippen molar-refractivity contribution in [2.24, 2.45) is 11.8 Å². The molecule has 2 amide bonds. The van der Waals surface area contributed by atoms with E-state index >= 15 is 0 Å². The number of amides is 2. The number of methoxy groups -OCH3 is 1. The van der Waals surface area contributed by atoms with Gasteiger partial charge in [-0.2, -0.15) is 13.2 Å². The predicted molar refractivity (Wildman–Crippen MR) is 101 cm³/mol. The number of nitrogens with zero attached hydrogens (tertiary/aromatic N) is 2. The molecular formula is C21H27F3N2O3. The highest BCUT2D eigenvalue weighted by molar-refractivity contribution is 5.84. The molecule has 8 heteroatoms. The highest BCUT2D eigenvalue weighted by Gasteiger charge is 2.35. The third kappa shape index (κ3) is 5.50. The van der Waals surface area contributed by atoms with E-state index in [2.05, 4.69) is 0 Å². The molecule has 5 nitrogen and oxygen atoms in total. The van der Waals surface area contributed by atoms with Crippen LogP contribution in [0, 0.1) is 11.8 Å². The van der Waals surface area contributed by atoms with E-state index < -0.39 is 11.7 Å². The Hall–Kier alpha value is -2.09. The fourth-order valence-electron chi connectivity index (χ4n) is 4.15. The molecule has 29 heavy (non-hydrogen) atoms. The van der Waals surface area contributed by atoms with Crippen LogP contribution in [0.2, 0.25) is 0 Å². The van der Waals surface area contributed by atoms with Crippen LogP contribution >= 0.6 is 0 Å². The molecule has 2 fully saturated rings. The molecule has 1 atom stereocenters. The summed E-state index contributed by atoms with van der Waals surface area (Å²) in [6.07, 6.45) is -1.88. The van der Waals surface area contributed by atoms with Crippen LogP contribution in [0.3, 0.4) is 0 Å². The highest BCUT2D eigenvalue weighted by atomic mass is 19.4. The summed E-state index contributed by atoms with van der Waals surface area (Å²) >= 11 is 0. The van der Waals surface area contributed by atoms with Crippen LogP contribution in [0.15, 0.2) is 24.3 Å². The van der Waals surface area contributed by atoms with Gasteiger partial charge >= 0.3 is 6.18 Å². The number of ether oxygens (including phenoxy) is 1. The van der Waals surface area contributed by atoms with Crippen molar-refractivity contribution >= 4 is 11.8 Å². The molecule has 0 aromatic heterocycles. The average molecular weight is 412 g/mol. The monoisotopic (exact) mass is 412 g/mol. The minimum atomic E-state index is -4.42. The van der Waals surface area contributed by atoms with E-state index in [1.165, 1.54) is 11.0 Å². The second kappa shape index (κ2) is 9.15. The highest BCUT2D eigenvalue weighted by Crippen LogP contribution is 2.30. The maximum Gasteiger partial charge on any atom is 0.416 e. The average Bonchev–Trinajstić information content (AvgIpc) is 2.69. The van der Waals surface area contributed by atoms with Gasteiger partial charge in [-0.15, -0.1) is 0 Å². The molecule has 2 saturated heterocycles. The van der Waals surface area contributed by atoms with Crippen molar-refractivity contribution in [1.29, 1.82) is 0 Å². The number of rotatable bonds is 5. The standard InChI is InChI=1S/C21H27F3N2O3/c1-29-14-15-7-9-25(10-8-15)20(28)17-5-6-19(27)26(13-17)12-16-3-2-4-18(11-16)21(22,23)24/h2-4,11,15,17H,5-10,12-14H2,1H3/t17-/m1/s1. The zero-order valence-corrected chi connectivity index (χ0v) is 16.6. The van der Waals surface area contributed by atoms with E-state index in [-0.39, 0.29) is 37.2 Å². The second-order valence-electron chi connectivity index (χ2n) is 7.93. The van der Waals surface area contributed by atoms with Crippen LogP contribution in [0.5, 0.6) is 0 Å². The Kier molecular flexibility index (Phi) is 6.82. The van der Waals surface area contributed by atoms with E-state index in [0.29, 0.717) is 37.6 Å². The van der Waals surface area contributed by atoms with Crippen LogP contribution in [-0.4, -0.2) is 55.0 Å². The van der Waals surface area contributed by atoms with Gasteiger partial charge in [0, 0.05) is 46.3 Å². The van der Waals surface area contributed by atoms with Crippen molar-refractivity contribution in [3.05, 3.63) is 35.4 Å². The smallest absolute Gasteiger partial charge is 0.384 e. The Labute approximate surface area is 168 Å². The number of piperidine rings is 2. The lowest BCUT2D eigenvalue weighted by atomic mass is 9.92. The third-order valence-corrected chi connectivity index (χ3v) is 5.81. The van der Waals surface area contributed by atoms with E-state index in [1.54, 1.807) is 13.2 Å². The number of likely N-dealkylation sites (tertiary alicyclic amines) is 2. The fraction of sp³-hybridized carbons (Fsp3) is 0.619. The molecule has 1 aromatic rings. The Bertz CT molecular complexity index is 730. The Morgan fingerprint density at radius 1 is 1.21 bits per heavy atom. The van der Waals surface area contributed by atoms with Crippen molar-refractivity contribution in [2.75, 3.05) is 33.4 Å². The number of halogens is 3. The quantitative estimate of drug-likeness (QED) is 0.746. The molecule has 2 aliphatic rings. The zero-order chi connectivity index (χ0) is 21.0. The number of hydrogen-bond donors (Lipinski definition) is 0. The van der Waals surface area contributed by atoms with E-state index in [0.717, 1.165) is 25.0 Å². The molecule has 2 aliphatic heterocycles. The molecule has 2 heterocycles. The van der Waals surface area contributed by atoms with Gasteiger partial charge < -0.3 is 14.5 Å². The maximum atomic E-state index is 12.9. The summed E-state index contributed by atoms with van der Waals surface area (Å²) < 4.78 is 44.0. The second-order valence-corrected chi connectivity index (χ2v) is 7.93. The van der Waals surface area contributed by atoms with Gasteiger partial charge in [0.15, 0.2) is 0 Å². The molecule has 0 N–H and O–H groups in total. The van der Waals surface area contributed by atoms with Crippen molar-refractivity contribution in [3.8, 4) is 0 Å². The molecule has 0 bridgehead atoms. The van der Waals surface area contributed by atoms with E-state index in [9.17, 15) is 22.8 Å². The summed E-state index contributed by atoms with van der Waals surface area (Å²) in [5.74, 6) is 0.0968. The largest absolute Gasteiger partial charge is 0.416 e. The van der Waals surface area contributed by atoms with Gasteiger partial charge in [-0.25, -0.2) is 0 Å². The van der Waals surface area contributed by atoms with Gasteiger partial charge in [0.1, 0.15) is 0 Å². The molecule has 160 valence electrons. The number of carbonyl (C=O) groups is 2. The Morgan fingerprint density at radius 2 is 1.93 bits per heavy atom. The molecule has 0 spiro atoms. The van der Waals surface area contributed by atoms with Crippen LogP contribution < -0.4 is 0 Å².